The van der Waals surface area contributed by atoms with Crippen LogP contribution in [0.5, 0.6) is 0 Å². The first-order valence-electron chi connectivity index (χ1n) is 10.4. The van der Waals surface area contributed by atoms with E-state index in [1.54, 1.807) is 0 Å². The van der Waals surface area contributed by atoms with Crippen LogP contribution in [-0.2, 0) is 4.79 Å². The Morgan fingerprint density at radius 1 is 0.640 bits per heavy atom. The standard InChI is InChI=1S/C23H40O2/c1-2-3-4-5-6-7-8-9-10-11-12-13-14-15-16-17-18-19-20-21-22-23(24)25/h4-5,7-8,10-11H,2-3,6,9,12-22H2,1H3,(H,24,25). The van der Waals surface area contributed by atoms with Crippen LogP contribution in [-0.4, -0.2) is 11.1 Å². The summed E-state index contributed by atoms with van der Waals surface area (Å²) in [5.41, 5.74) is 0. The molecule has 0 bridgehead atoms. The van der Waals surface area contributed by atoms with Crippen molar-refractivity contribution >= 4 is 5.97 Å². The minimum atomic E-state index is -0.662. The predicted molar refractivity (Wildman–Crippen MR) is 110 cm³/mol. The van der Waals surface area contributed by atoms with E-state index in [0.717, 1.165) is 25.7 Å². The lowest BCUT2D eigenvalue weighted by molar-refractivity contribution is -0.137. The number of rotatable bonds is 18. The van der Waals surface area contributed by atoms with Crippen LogP contribution in [0.2, 0.25) is 0 Å². The maximum atomic E-state index is 10.4. The van der Waals surface area contributed by atoms with Gasteiger partial charge in [0.2, 0.25) is 0 Å². The molecule has 0 aliphatic rings. The van der Waals surface area contributed by atoms with E-state index in [0.29, 0.717) is 6.42 Å². The number of carboxylic acids is 1. The third kappa shape index (κ3) is 22.7. The molecule has 0 amide bonds. The van der Waals surface area contributed by atoms with Crippen molar-refractivity contribution < 1.29 is 9.90 Å². The Morgan fingerprint density at radius 2 is 1.08 bits per heavy atom. The SMILES string of the molecule is CCCC=CCC=CCC=CCCCCCCCCCCCC(=O)O. The van der Waals surface area contributed by atoms with Crippen LogP contribution in [0.4, 0.5) is 0 Å². The number of hydrogen-bond acceptors (Lipinski definition) is 1. The van der Waals surface area contributed by atoms with Gasteiger partial charge in [-0.15, -0.1) is 0 Å². The molecular weight excluding hydrogens is 308 g/mol. The Morgan fingerprint density at radius 3 is 1.60 bits per heavy atom. The monoisotopic (exact) mass is 348 g/mol. The highest BCUT2D eigenvalue weighted by molar-refractivity contribution is 5.66. The van der Waals surface area contributed by atoms with Gasteiger partial charge in [-0.1, -0.05) is 94.7 Å². The molecule has 0 saturated carbocycles. The maximum absolute atomic E-state index is 10.4. The topological polar surface area (TPSA) is 37.3 Å². The number of aliphatic carboxylic acids is 1. The highest BCUT2D eigenvalue weighted by atomic mass is 16.4. The lowest BCUT2D eigenvalue weighted by atomic mass is 10.1. The number of allylic oxidation sites excluding steroid dienone is 6. The minimum absolute atomic E-state index is 0.333. The molecular formula is C23H40O2. The van der Waals surface area contributed by atoms with Gasteiger partial charge in [0.25, 0.3) is 0 Å². The molecule has 0 radical (unpaired) electrons. The molecule has 2 nitrogen and oxygen atoms in total. The largest absolute Gasteiger partial charge is 0.481 e. The van der Waals surface area contributed by atoms with Gasteiger partial charge >= 0.3 is 5.97 Å². The Labute approximate surface area is 156 Å². The second kappa shape index (κ2) is 20.7. The Balaban J connectivity index is 3.20. The average molecular weight is 349 g/mol. The second-order valence-electron chi connectivity index (χ2n) is 6.79. The fourth-order valence-electron chi connectivity index (χ4n) is 2.72. The average Bonchev–Trinajstić information content (AvgIpc) is 2.60. The Hall–Kier alpha value is -1.31. The molecule has 0 spiro atoms. The van der Waals surface area contributed by atoms with Crippen molar-refractivity contribution in [2.75, 3.05) is 0 Å². The molecule has 0 aromatic rings. The molecule has 0 heterocycles. The van der Waals surface area contributed by atoms with Gasteiger partial charge in [-0.3, -0.25) is 4.79 Å². The molecule has 1 N–H and O–H groups in total. The van der Waals surface area contributed by atoms with E-state index in [4.69, 9.17) is 5.11 Å². The lowest BCUT2D eigenvalue weighted by Crippen LogP contribution is -1.93. The van der Waals surface area contributed by atoms with Crippen LogP contribution in [0.1, 0.15) is 103 Å². The van der Waals surface area contributed by atoms with E-state index < -0.39 is 5.97 Å². The van der Waals surface area contributed by atoms with E-state index >= 15 is 0 Å². The van der Waals surface area contributed by atoms with Gasteiger partial charge in [0.05, 0.1) is 0 Å². The zero-order valence-corrected chi connectivity index (χ0v) is 16.4. The van der Waals surface area contributed by atoms with E-state index in [-0.39, 0.29) is 0 Å². The molecule has 0 aromatic heterocycles. The first-order valence-corrected chi connectivity index (χ1v) is 10.4. The van der Waals surface area contributed by atoms with Gasteiger partial charge in [-0.05, 0) is 38.5 Å². The van der Waals surface area contributed by atoms with Gasteiger partial charge < -0.3 is 5.11 Å². The van der Waals surface area contributed by atoms with E-state index in [1.807, 2.05) is 0 Å². The summed E-state index contributed by atoms with van der Waals surface area (Å²) in [6.45, 7) is 2.21. The molecule has 0 atom stereocenters. The number of carboxylic acid groups (broad SMARTS) is 1. The second-order valence-corrected chi connectivity index (χ2v) is 6.79. The van der Waals surface area contributed by atoms with Gasteiger partial charge in [0.1, 0.15) is 0 Å². The third-order valence-electron chi connectivity index (χ3n) is 4.26. The zero-order valence-electron chi connectivity index (χ0n) is 16.4. The van der Waals surface area contributed by atoms with Crippen LogP contribution in [0.25, 0.3) is 0 Å². The van der Waals surface area contributed by atoms with Crippen LogP contribution >= 0.6 is 0 Å². The molecule has 0 fully saturated rings. The van der Waals surface area contributed by atoms with Crippen LogP contribution < -0.4 is 0 Å². The van der Waals surface area contributed by atoms with E-state index in [1.165, 1.54) is 64.2 Å². The van der Waals surface area contributed by atoms with Gasteiger partial charge in [-0.25, -0.2) is 0 Å². The minimum Gasteiger partial charge on any atom is -0.481 e. The smallest absolute Gasteiger partial charge is 0.303 e. The Bertz CT molecular complexity index is 366. The molecule has 0 saturated heterocycles. The number of hydrogen-bond donors (Lipinski definition) is 1. The van der Waals surface area contributed by atoms with Gasteiger partial charge in [0.15, 0.2) is 0 Å². The van der Waals surface area contributed by atoms with Crippen LogP contribution in [0, 0.1) is 0 Å². The zero-order chi connectivity index (χ0) is 18.4. The third-order valence-corrected chi connectivity index (χ3v) is 4.26. The summed E-state index contributed by atoms with van der Waals surface area (Å²) in [6, 6.07) is 0. The van der Waals surface area contributed by atoms with Crippen molar-refractivity contribution in [3.05, 3.63) is 36.5 Å². The molecule has 0 rings (SSSR count). The molecule has 0 aliphatic heterocycles. The summed E-state index contributed by atoms with van der Waals surface area (Å²) < 4.78 is 0. The van der Waals surface area contributed by atoms with Crippen molar-refractivity contribution in [1.82, 2.24) is 0 Å². The summed E-state index contributed by atoms with van der Waals surface area (Å²) in [5.74, 6) is -0.662. The summed E-state index contributed by atoms with van der Waals surface area (Å²) >= 11 is 0. The molecule has 2 heteroatoms. The van der Waals surface area contributed by atoms with Crippen molar-refractivity contribution in [1.29, 1.82) is 0 Å². The molecule has 25 heavy (non-hydrogen) atoms. The normalized spacial score (nSPS) is 12.0. The van der Waals surface area contributed by atoms with E-state index in [2.05, 4.69) is 43.4 Å². The van der Waals surface area contributed by atoms with Crippen molar-refractivity contribution in [2.45, 2.75) is 103 Å². The van der Waals surface area contributed by atoms with Gasteiger partial charge in [0, 0.05) is 6.42 Å². The van der Waals surface area contributed by atoms with Gasteiger partial charge in [-0.2, -0.15) is 0 Å². The highest BCUT2D eigenvalue weighted by Crippen LogP contribution is 2.11. The number of carbonyl (C=O) groups is 1. The number of unbranched alkanes of at least 4 members (excludes halogenated alkanes) is 10. The quantitative estimate of drug-likeness (QED) is 0.204. The van der Waals surface area contributed by atoms with Crippen molar-refractivity contribution in [3.8, 4) is 0 Å². The first kappa shape index (κ1) is 23.7. The molecule has 0 unspecified atom stereocenters. The molecule has 0 aliphatic carbocycles. The fourth-order valence-corrected chi connectivity index (χ4v) is 2.72. The summed E-state index contributed by atoms with van der Waals surface area (Å²) in [6.07, 6.45) is 30.7. The van der Waals surface area contributed by atoms with Crippen LogP contribution in [0.3, 0.4) is 0 Å². The van der Waals surface area contributed by atoms with E-state index in [9.17, 15) is 4.79 Å². The van der Waals surface area contributed by atoms with Crippen molar-refractivity contribution in [3.63, 3.8) is 0 Å². The van der Waals surface area contributed by atoms with Crippen molar-refractivity contribution in [2.24, 2.45) is 0 Å². The molecule has 144 valence electrons. The van der Waals surface area contributed by atoms with Crippen LogP contribution in [0.15, 0.2) is 36.5 Å². The first-order chi connectivity index (χ1) is 12.3. The lowest BCUT2D eigenvalue weighted by Gasteiger charge is -2.01. The summed E-state index contributed by atoms with van der Waals surface area (Å²) in [5, 5.41) is 8.55. The summed E-state index contributed by atoms with van der Waals surface area (Å²) in [7, 11) is 0. The maximum Gasteiger partial charge on any atom is 0.303 e. The highest BCUT2D eigenvalue weighted by Gasteiger charge is 1.96. The summed E-state index contributed by atoms with van der Waals surface area (Å²) in [4.78, 5) is 10.4. The fraction of sp³-hybridized carbons (Fsp3) is 0.696. The predicted octanol–water partition coefficient (Wildman–Crippen LogP) is 7.61. The Kier molecular flexibility index (Phi) is 19.6. The molecule has 0 aromatic carbocycles.